The fourth-order valence-electron chi connectivity index (χ4n) is 3.39. The van der Waals surface area contributed by atoms with Gasteiger partial charge < -0.3 is 14.6 Å². The van der Waals surface area contributed by atoms with Crippen LogP contribution in [0.1, 0.15) is 26.5 Å². The van der Waals surface area contributed by atoms with Crippen molar-refractivity contribution in [1.29, 1.82) is 0 Å². The van der Waals surface area contributed by atoms with E-state index in [2.05, 4.69) is 19.9 Å². The summed E-state index contributed by atoms with van der Waals surface area (Å²) in [6.07, 6.45) is -1.13. The van der Waals surface area contributed by atoms with Crippen LogP contribution in [0.25, 0.3) is 22.4 Å². The van der Waals surface area contributed by atoms with Crippen LogP contribution >= 0.6 is 0 Å². The van der Waals surface area contributed by atoms with Crippen molar-refractivity contribution in [1.82, 2.24) is 19.9 Å². The molecule has 3 aromatic rings. The van der Waals surface area contributed by atoms with Gasteiger partial charge in [0.15, 0.2) is 5.82 Å². The van der Waals surface area contributed by atoms with E-state index in [9.17, 15) is 13.2 Å². The summed E-state index contributed by atoms with van der Waals surface area (Å²) in [5, 5.41) is 0.760. The molecule has 1 fully saturated rings. The second kappa shape index (κ2) is 6.98. The summed E-state index contributed by atoms with van der Waals surface area (Å²) < 4.78 is 46.9. The van der Waals surface area contributed by atoms with Gasteiger partial charge in [-0.2, -0.15) is 13.2 Å². The Morgan fingerprint density at radius 2 is 2.00 bits per heavy atom. The van der Waals surface area contributed by atoms with E-state index in [0.717, 1.165) is 19.2 Å². The van der Waals surface area contributed by atoms with Gasteiger partial charge in [-0.25, -0.2) is 15.0 Å². The average molecular weight is 405 g/mol. The Hall–Kier alpha value is -2.68. The number of nitrogens with one attached hydrogen (secondary N) is 1. The summed E-state index contributed by atoms with van der Waals surface area (Å²) >= 11 is 0. The number of hydrogen-bond acceptors (Lipinski definition) is 5. The molecule has 0 aliphatic carbocycles. The van der Waals surface area contributed by atoms with Crippen molar-refractivity contribution in [2.45, 2.75) is 38.4 Å². The molecule has 0 radical (unpaired) electrons. The van der Waals surface area contributed by atoms with Gasteiger partial charge in [-0.15, -0.1) is 0 Å². The zero-order valence-electron chi connectivity index (χ0n) is 16.4. The maximum Gasteiger partial charge on any atom is 0.399 e. The predicted molar refractivity (Wildman–Crippen MR) is 104 cm³/mol. The van der Waals surface area contributed by atoms with E-state index in [1.807, 2.05) is 17.9 Å². The van der Waals surface area contributed by atoms with Crippen molar-refractivity contribution < 1.29 is 17.9 Å². The standard InChI is InChI=1S/C20H22F3N5O/c1-12-11-29-9-8-28(12)16-10-15(19(2,3)20(21,22)23)26-18(27-16)14-5-7-25-17-13(14)4-6-24-17/h4-7,10,12H,8-9,11H2,1-3H3,(H,24,25). The maximum atomic E-state index is 13.8. The number of H-pyrrole nitrogens is 1. The molecule has 1 N–H and O–H groups in total. The Morgan fingerprint density at radius 1 is 1.21 bits per heavy atom. The highest BCUT2D eigenvalue weighted by atomic mass is 19.4. The van der Waals surface area contributed by atoms with Gasteiger partial charge in [0.2, 0.25) is 0 Å². The van der Waals surface area contributed by atoms with Crippen LogP contribution in [0.3, 0.4) is 0 Å². The van der Waals surface area contributed by atoms with Crippen LogP contribution in [0.15, 0.2) is 30.6 Å². The Bertz CT molecular complexity index is 1030. The minimum Gasteiger partial charge on any atom is -0.377 e. The highest BCUT2D eigenvalue weighted by Gasteiger charge is 2.50. The molecule has 1 saturated heterocycles. The van der Waals surface area contributed by atoms with Crippen molar-refractivity contribution >= 4 is 16.9 Å². The van der Waals surface area contributed by atoms with Gasteiger partial charge in [-0.05, 0) is 32.9 Å². The third kappa shape index (κ3) is 3.43. The Morgan fingerprint density at radius 3 is 2.72 bits per heavy atom. The summed E-state index contributed by atoms with van der Waals surface area (Å²) in [6.45, 7) is 5.80. The lowest BCUT2D eigenvalue weighted by atomic mass is 9.88. The normalized spacial score (nSPS) is 18.4. The van der Waals surface area contributed by atoms with Crippen LogP contribution in [-0.4, -0.2) is 51.9 Å². The number of aromatic amines is 1. The lowest BCUT2D eigenvalue weighted by molar-refractivity contribution is -0.181. The van der Waals surface area contributed by atoms with Crippen LogP contribution in [0.2, 0.25) is 0 Å². The number of alkyl halides is 3. The molecule has 6 nitrogen and oxygen atoms in total. The monoisotopic (exact) mass is 405 g/mol. The van der Waals surface area contributed by atoms with E-state index in [1.54, 1.807) is 18.5 Å². The molecule has 0 saturated carbocycles. The van der Waals surface area contributed by atoms with E-state index in [-0.39, 0.29) is 17.6 Å². The fourth-order valence-corrected chi connectivity index (χ4v) is 3.39. The number of pyridine rings is 1. The number of fused-ring (bicyclic) bond motifs is 1. The molecule has 0 aromatic carbocycles. The molecule has 29 heavy (non-hydrogen) atoms. The van der Waals surface area contributed by atoms with Crippen LogP contribution < -0.4 is 4.90 Å². The molecule has 4 heterocycles. The molecule has 0 amide bonds. The smallest absolute Gasteiger partial charge is 0.377 e. The number of ether oxygens (including phenoxy) is 1. The molecule has 1 aliphatic heterocycles. The minimum absolute atomic E-state index is 0.00179. The maximum absolute atomic E-state index is 13.8. The van der Waals surface area contributed by atoms with Gasteiger partial charge in [0.25, 0.3) is 0 Å². The van der Waals surface area contributed by atoms with E-state index < -0.39 is 11.6 Å². The van der Waals surface area contributed by atoms with E-state index in [4.69, 9.17) is 4.74 Å². The summed E-state index contributed by atoms with van der Waals surface area (Å²) in [4.78, 5) is 18.2. The second-order valence-corrected chi connectivity index (χ2v) is 7.77. The van der Waals surface area contributed by atoms with Crippen LogP contribution in [0.5, 0.6) is 0 Å². The molecule has 154 valence electrons. The summed E-state index contributed by atoms with van der Waals surface area (Å²) in [6, 6.07) is 4.99. The van der Waals surface area contributed by atoms with Crippen molar-refractivity contribution in [2.24, 2.45) is 0 Å². The predicted octanol–water partition coefficient (Wildman–Crippen LogP) is 4.08. The second-order valence-electron chi connectivity index (χ2n) is 7.77. The summed E-state index contributed by atoms with van der Waals surface area (Å²) in [5.74, 6) is 0.721. The Kier molecular flexibility index (Phi) is 4.72. The van der Waals surface area contributed by atoms with Gasteiger partial charge in [0.1, 0.15) is 16.9 Å². The highest BCUT2D eigenvalue weighted by molar-refractivity contribution is 5.91. The summed E-state index contributed by atoms with van der Waals surface area (Å²) in [5.41, 5.74) is -0.922. The third-order valence-electron chi connectivity index (χ3n) is 5.42. The zero-order chi connectivity index (χ0) is 20.8. The van der Waals surface area contributed by atoms with Gasteiger partial charge in [0, 0.05) is 36.0 Å². The average Bonchev–Trinajstić information content (AvgIpc) is 3.16. The first-order chi connectivity index (χ1) is 13.7. The van der Waals surface area contributed by atoms with Crippen LogP contribution in [0, 0.1) is 0 Å². The van der Waals surface area contributed by atoms with Crippen molar-refractivity contribution in [3.05, 3.63) is 36.3 Å². The Labute approximate surface area is 166 Å². The molecule has 3 aromatic heterocycles. The van der Waals surface area contributed by atoms with Gasteiger partial charge in [-0.1, -0.05) is 0 Å². The van der Waals surface area contributed by atoms with Crippen molar-refractivity contribution in [3.63, 3.8) is 0 Å². The first-order valence-electron chi connectivity index (χ1n) is 9.41. The molecular weight excluding hydrogens is 383 g/mol. The van der Waals surface area contributed by atoms with E-state index in [1.165, 1.54) is 6.07 Å². The number of hydrogen-bond donors (Lipinski definition) is 1. The Balaban J connectivity index is 1.92. The van der Waals surface area contributed by atoms with E-state index in [0.29, 0.717) is 36.8 Å². The van der Waals surface area contributed by atoms with Gasteiger partial charge >= 0.3 is 6.18 Å². The van der Waals surface area contributed by atoms with Crippen LogP contribution in [-0.2, 0) is 10.2 Å². The molecule has 0 spiro atoms. The number of morpholine rings is 1. The lowest BCUT2D eigenvalue weighted by Gasteiger charge is -2.35. The first kappa shape index (κ1) is 19.6. The highest BCUT2D eigenvalue weighted by Crippen LogP contribution is 2.41. The number of rotatable bonds is 3. The third-order valence-corrected chi connectivity index (χ3v) is 5.42. The minimum atomic E-state index is -4.45. The quantitative estimate of drug-likeness (QED) is 0.711. The summed E-state index contributed by atoms with van der Waals surface area (Å²) in [7, 11) is 0. The molecule has 1 atom stereocenters. The van der Waals surface area contributed by atoms with E-state index >= 15 is 0 Å². The number of aromatic nitrogens is 4. The SMILES string of the molecule is CC1COCCN1c1cc(C(C)(C)C(F)(F)F)nc(-c2ccnc3[nH]ccc23)n1. The number of anilines is 1. The lowest BCUT2D eigenvalue weighted by Crippen LogP contribution is -2.44. The van der Waals surface area contributed by atoms with Gasteiger partial charge in [0.05, 0.1) is 24.9 Å². The molecule has 1 unspecified atom stereocenters. The van der Waals surface area contributed by atoms with Crippen molar-refractivity contribution in [3.8, 4) is 11.4 Å². The van der Waals surface area contributed by atoms with Gasteiger partial charge in [-0.3, -0.25) is 0 Å². The number of halogens is 3. The fraction of sp³-hybridized carbons (Fsp3) is 0.450. The molecule has 9 heteroatoms. The topological polar surface area (TPSA) is 66.9 Å². The zero-order valence-corrected chi connectivity index (χ0v) is 16.4. The molecular formula is C20H22F3N5O. The number of nitrogens with zero attached hydrogens (tertiary/aromatic N) is 4. The molecule has 1 aliphatic rings. The van der Waals surface area contributed by atoms with Crippen molar-refractivity contribution in [2.75, 3.05) is 24.7 Å². The van der Waals surface area contributed by atoms with Crippen LogP contribution in [0.4, 0.5) is 19.0 Å². The first-order valence-corrected chi connectivity index (χ1v) is 9.41. The molecule has 4 rings (SSSR count). The molecule has 0 bridgehead atoms. The largest absolute Gasteiger partial charge is 0.399 e.